The van der Waals surface area contributed by atoms with Gasteiger partial charge in [0.1, 0.15) is 5.60 Å². The highest BCUT2D eigenvalue weighted by Crippen LogP contribution is 2.15. The van der Waals surface area contributed by atoms with Crippen LogP contribution in [0.5, 0.6) is 0 Å². The molecule has 6 heteroatoms. The summed E-state index contributed by atoms with van der Waals surface area (Å²) in [6.07, 6.45) is 0.873. The summed E-state index contributed by atoms with van der Waals surface area (Å²) in [7, 11) is 2.09. The first kappa shape index (κ1) is 17.8. The summed E-state index contributed by atoms with van der Waals surface area (Å²) in [5, 5.41) is 2.62. The van der Waals surface area contributed by atoms with E-state index in [4.69, 9.17) is 4.74 Å². The molecule has 1 aliphatic heterocycles. The van der Waals surface area contributed by atoms with Crippen LogP contribution in [0.4, 0.5) is 4.79 Å². The second-order valence-corrected chi connectivity index (χ2v) is 6.53. The highest BCUT2D eigenvalue weighted by Gasteiger charge is 2.27. The number of likely N-dealkylation sites (N-methyl/N-ethyl adjacent to an activating group) is 1. The molecule has 0 radical (unpaired) electrons. The van der Waals surface area contributed by atoms with Crippen LogP contribution in [0.25, 0.3) is 0 Å². The van der Waals surface area contributed by atoms with E-state index in [2.05, 4.69) is 24.2 Å². The highest BCUT2D eigenvalue weighted by atomic mass is 16.6. The van der Waals surface area contributed by atoms with Crippen molar-refractivity contribution in [1.29, 1.82) is 0 Å². The zero-order chi connectivity index (χ0) is 16.0. The van der Waals surface area contributed by atoms with E-state index in [1.54, 1.807) is 0 Å². The van der Waals surface area contributed by atoms with Gasteiger partial charge in [0, 0.05) is 32.1 Å². The Morgan fingerprint density at radius 3 is 2.62 bits per heavy atom. The Labute approximate surface area is 127 Å². The Balaban J connectivity index is 2.25. The molecule has 1 heterocycles. The molecule has 1 atom stereocenters. The van der Waals surface area contributed by atoms with E-state index in [-0.39, 0.29) is 5.91 Å². The molecule has 1 fully saturated rings. The van der Waals surface area contributed by atoms with Gasteiger partial charge in [-0.25, -0.2) is 4.79 Å². The number of nitrogens with zero attached hydrogens (tertiary/aromatic N) is 2. The molecule has 0 aromatic rings. The average Bonchev–Trinajstić information content (AvgIpc) is 2.85. The van der Waals surface area contributed by atoms with Crippen molar-refractivity contribution in [3.8, 4) is 0 Å². The molecule has 0 spiro atoms. The van der Waals surface area contributed by atoms with Gasteiger partial charge >= 0.3 is 6.09 Å². The van der Waals surface area contributed by atoms with E-state index in [0.717, 1.165) is 26.1 Å². The van der Waals surface area contributed by atoms with Gasteiger partial charge in [-0.15, -0.1) is 0 Å². The number of hydrogen-bond acceptors (Lipinski definition) is 4. The van der Waals surface area contributed by atoms with E-state index >= 15 is 0 Å². The number of amides is 2. The summed E-state index contributed by atoms with van der Waals surface area (Å²) >= 11 is 0. The first-order valence-electron chi connectivity index (χ1n) is 7.67. The Hall–Kier alpha value is -1.30. The number of carbonyl (C=O) groups is 2. The van der Waals surface area contributed by atoms with Crippen molar-refractivity contribution in [1.82, 2.24) is 15.1 Å². The zero-order valence-electron chi connectivity index (χ0n) is 13.9. The van der Waals surface area contributed by atoms with Crippen LogP contribution in [-0.2, 0) is 9.53 Å². The van der Waals surface area contributed by atoms with Gasteiger partial charge in [0.2, 0.25) is 5.91 Å². The number of likely N-dealkylation sites (tertiary alicyclic amines) is 1. The first-order valence-corrected chi connectivity index (χ1v) is 7.67. The molecule has 0 bridgehead atoms. The summed E-state index contributed by atoms with van der Waals surface area (Å²) in [6.45, 7) is 10.5. The van der Waals surface area contributed by atoms with E-state index < -0.39 is 11.7 Å². The Bertz CT molecular complexity index is 366. The van der Waals surface area contributed by atoms with Crippen molar-refractivity contribution in [2.75, 3.05) is 33.2 Å². The quantitative estimate of drug-likeness (QED) is 0.835. The summed E-state index contributed by atoms with van der Waals surface area (Å²) in [4.78, 5) is 27.7. The molecular weight excluding hydrogens is 270 g/mol. The topological polar surface area (TPSA) is 61.9 Å². The minimum absolute atomic E-state index is 0.0954. The molecule has 1 rings (SSSR count). The van der Waals surface area contributed by atoms with Crippen LogP contribution in [0.15, 0.2) is 0 Å². The fraction of sp³-hybridized carbons (Fsp3) is 0.867. The molecule has 0 aromatic carbocycles. The number of carbonyl (C=O) groups excluding carboxylic acids is 2. The first-order chi connectivity index (χ1) is 9.73. The van der Waals surface area contributed by atoms with Crippen molar-refractivity contribution >= 4 is 12.0 Å². The van der Waals surface area contributed by atoms with Crippen LogP contribution in [0.2, 0.25) is 0 Å². The summed E-state index contributed by atoms with van der Waals surface area (Å²) in [5.41, 5.74) is -0.513. The van der Waals surface area contributed by atoms with Crippen molar-refractivity contribution in [2.24, 2.45) is 0 Å². The van der Waals surface area contributed by atoms with Crippen LogP contribution in [0, 0.1) is 0 Å². The van der Waals surface area contributed by atoms with E-state index in [1.807, 2.05) is 25.7 Å². The maximum absolute atomic E-state index is 12.1. The lowest BCUT2D eigenvalue weighted by atomic mass is 10.2. The molecule has 21 heavy (non-hydrogen) atoms. The average molecular weight is 299 g/mol. The minimum Gasteiger partial charge on any atom is -0.444 e. The standard InChI is InChI=1S/C15H29N3O3/c1-6-17(5)12-8-10-18(11-12)13(19)7-9-16-14(20)21-15(2,3)4/h12H,6-11H2,1-5H3,(H,16,20). The second kappa shape index (κ2) is 7.64. The predicted molar refractivity (Wildman–Crippen MR) is 82.1 cm³/mol. The maximum Gasteiger partial charge on any atom is 0.407 e. The van der Waals surface area contributed by atoms with Gasteiger partial charge in [0.15, 0.2) is 0 Å². The van der Waals surface area contributed by atoms with Crippen LogP contribution in [0.1, 0.15) is 40.5 Å². The molecule has 0 saturated carbocycles. The number of alkyl carbamates (subject to hydrolysis) is 1. The monoisotopic (exact) mass is 299 g/mol. The lowest BCUT2D eigenvalue weighted by Crippen LogP contribution is -2.38. The third-order valence-corrected chi connectivity index (χ3v) is 3.65. The van der Waals surface area contributed by atoms with E-state index in [0.29, 0.717) is 19.0 Å². The lowest BCUT2D eigenvalue weighted by Gasteiger charge is -2.23. The normalized spacial score (nSPS) is 19.0. The number of nitrogens with one attached hydrogen (secondary N) is 1. The van der Waals surface area contributed by atoms with E-state index in [9.17, 15) is 9.59 Å². The van der Waals surface area contributed by atoms with Crippen LogP contribution < -0.4 is 5.32 Å². The zero-order valence-corrected chi connectivity index (χ0v) is 13.9. The Morgan fingerprint density at radius 1 is 1.38 bits per heavy atom. The van der Waals surface area contributed by atoms with Crippen molar-refractivity contribution in [3.05, 3.63) is 0 Å². The Kier molecular flexibility index (Phi) is 6.45. The maximum atomic E-state index is 12.1. The van der Waals surface area contributed by atoms with Gasteiger partial charge in [-0.3, -0.25) is 4.79 Å². The smallest absolute Gasteiger partial charge is 0.407 e. The van der Waals surface area contributed by atoms with Gasteiger partial charge in [0.25, 0.3) is 0 Å². The summed E-state index contributed by atoms with van der Waals surface area (Å²) in [5.74, 6) is 0.0954. The molecule has 122 valence electrons. The van der Waals surface area contributed by atoms with Gasteiger partial charge in [0.05, 0.1) is 0 Å². The fourth-order valence-electron chi connectivity index (χ4n) is 2.33. The number of rotatable bonds is 5. The van der Waals surface area contributed by atoms with Gasteiger partial charge < -0.3 is 19.9 Å². The third-order valence-electron chi connectivity index (χ3n) is 3.65. The highest BCUT2D eigenvalue weighted by molar-refractivity contribution is 5.77. The third kappa shape index (κ3) is 6.33. The number of hydrogen-bond donors (Lipinski definition) is 1. The second-order valence-electron chi connectivity index (χ2n) is 6.53. The molecule has 1 N–H and O–H groups in total. The fourth-order valence-corrected chi connectivity index (χ4v) is 2.33. The molecule has 1 aliphatic rings. The van der Waals surface area contributed by atoms with Crippen LogP contribution in [0.3, 0.4) is 0 Å². The molecule has 6 nitrogen and oxygen atoms in total. The van der Waals surface area contributed by atoms with Crippen molar-refractivity contribution in [3.63, 3.8) is 0 Å². The largest absolute Gasteiger partial charge is 0.444 e. The van der Waals surface area contributed by atoms with Crippen LogP contribution in [-0.4, -0.2) is 66.7 Å². The number of ether oxygens (including phenoxy) is 1. The van der Waals surface area contributed by atoms with Crippen molar-refractivity contribution < 1.29 is 14.3 Å². The van der Waals surface area contributed by atoms with Gasteiger partial charge in [-0.1, -0.05) is 6.92 Å². The molecule has 1 unspecified atom stereocenters. The summed E-state index contributed by atoms with van der Waals surface area (Å²) < 4.78 is 5.13. The van der Waals surface area contributed by atoms with Gasteiger partial charge in [-0.2, -0.15) is 0 Å². The minimum atomic E-state index is -0.513. The lowest BCUT2D eigenvalue weighted by molar-refractivity contribution is -0.130. The van der Waals surface area contributed by atoms with Crippen molar-refractivity contribution in [2.45, 2.75) is 52.2 Å². The molecule has 1 saturated heterocycles. The SMILES string of the molecule is CCN(C)C1CCN(C(=O)CCNC(=O)OC(C)(C)C)C1. The molecule has 0 aliphatic carbocycles. The molecular formula is C15H29N3O3. The van der Waals surface area contributed by atoms with Crippen LogP contribution >= 0.6 is 0 Å². The van der Waals surface area contributed by atoms with E-state index in [1.165, 1.54) is 0 Å². The summed E-state index contributed by atoms with van der Waals surface area (Å²) in [6, 6.07) is 0.456. The Morgan fingerprint density at radius 2 is 2.05 bits per heavy atom. The molecule has 0 aromatic heterocycles. The predicted octanol–water partition coefficient (Wildman–Crippen LogP) is 1.45. The molecule has 2 amide bonds. The van der Waals surface area contributed by atoms with Gasteiger partial charge in [-0.05, 0) is 40.8 Å².